The molecule has 1 aromatic rings. The molecule has 0 aromatic carbocycles. The quantitative estimate of drug-likeness (QED) is 0.880. The number of likely N-dealkylation sites (tertiary alicyclic amines) is 1. The van der Waals surface area contributed by atoms with Crippen LogP contribution < -0.4 is 5.32 Å². The van der Waals surface area contributed by atoms with Crippen LogP contribution in [0.4, 0.5) is 0 Å². The van der Waals surface area contributed by atoms with Crippen molar-refractivity contribution < 1.29 is 0 Å². The average molecular weight is 245 g/mol. The van der Waals surface area contributed by atoms with Crippen LogP contribution in [-0.2, 0) is 0 Å². The van der Waals surface area contributed by atoms with Gasteiger partial charge in [0.15, 0.2) is 0 Å². The molecule has 0 aliphatic carbocycles. The van der Waals surface area contributed by atoms with E-state index in [1.165, 1.54) is 17.8 Å². The predicted octanol–water partition coefficient (Wildman–Crippen LogP) is 2.76. The van der Waals surface area contributed by atoms with Gasteiger partial charge in [-0.15, -0.1) is 11.3 Å². The third-order valence-corrected chi connectivity index (χ3v) is 4.31. The van der Waals surface area contributed by atoms with Crippen molar-refractivity contribution in [3.05, 3.63) is 21.3 Å². The van der Waals surface area contributed by atoms with Crippen molar-refractivity contribution in [2.75, 3.05) is 20.1 Å². The highest BCUT2D eigenvalue weighted by atomic mass is 35.5. The number of hydrogen-bond donors (Lipinski definition) is 1. The Bertz CT molecular complexity index is 326. The Kier molecular flexibility index (Phi) is 3.67. The van der Waals surface area contributed by atoms with E-state index < -0.39 is 0 Å². The normalized spacial score (nSPS) is 24.6. The van der Waals surface area contributed by atoms with E-state index in [1.54, 1.807) is 11.3 Å². The van der Waals surface area contributed by atoms with Gasteiger partial charge in [0.25, 0.3) is 0 Å². The van der Waals surface area contributed by atoms with Crippen LogP contribution in [0.15, 0.2) is 12.1 Å². The van der Waals surface area contributed by atoms with E-state index >= 15 is 0 Å². The lowest BCUT2D eigenvalue weighted by Crippen LogP contribution is -2.33. The number of hydrogen-bond acceptors (Lipinski definition) is 3. The SMILES string of the molecule is CC(NC1CCN(C)C1)c1ccc(Cl)s1. The molecule has 0 radical (unpaired) electrons. The van der Waals surface area contributed by atoms with Gasteiger partial charge in [-0.05, 0) is 39.1 Å². The molecule has 0 bridgehead atoms. The van der Waals surface area contributed by atoms with E-state index in [9.17, 15) is 0 Å². The van der Waals surface area contributed by atoms with Gasteiger partial charge in [0.1, 0.15) is 0 Å². The third-order valence-electron chi connectivity index (χ3n) is 2.90. The molecule has 15 heavy (non-hydrogen) atoms. The Hall–Kier alpha value is -0.0900. The topological polar surface area (TPSA) is 15.3 Å². The number of nitrogens with one attached hydrogen (secondary N) is 1. The van der Waals surface area contributed by atoms with Crippen molar-refractivity contribution >= 4 is 22.9 Å². The molecule has 1 aliphatic heterocycles. The minimum atomic E-state index is 0.416. The summed E-state index contributed by atoms with van der Waals surface area (Å²) in [6.45, 7) is 4.57. The highest BCUT2D eigenvalue weighted by molar-refractivity contribution is 7.16. The fraction of sp³-hybridized carbons (Fsp3) is 0.636. The molecule has 0 saturated carbocycles. The van der Waals surface area contributed by atoms with Crippen molar-refractivity contribution in [3.63, 3.8) is 0 Å². The molecule has 84 valence electrons. The fourth-order valence-electron chi connectivity index (χ4n) is 2.07. The first kappa shape index (κ1) is 11.4. The second-order valence-corrected chi connectivity index (χ2v) is 6.02. The van der Waals surface area contributed by atoms with Crippen molar-refractivity contribution in [2.24, 2.45) is 0 Å². The van der Waals surface area contributed by atoms with Gasteiger partial charge in [0.05, 0.1) is 4.34 Å². The first-order valence-corrected chi connectivity index (χ1v) is 6.54. The summed E-state index contributed by atoms with van der Waals surface area (Å²) in [7, 11) is 2.17. The highest BCUT2D eigenvalue weighted by Crippen LogP contribution is 2.27. The summed E-state index contributed by atoms with van der Waals surface area (Å²) in [4.78, 5) is 3.70. The Morgan fingerprint density at radius 3 is 2.93 bits per heavy atom. The lowest BCUT2D eigenvalue weighted by Gasteiger charge is -2.18. The molecule has 1 saturated heterocycles. The summed E-state index contributed by atoms with van der Waals surface area (Å²) < 4.78 is 0.877. The number of likely N-dealkylation sites (N-methyl/N-ethyl adjacent to an activating group) is 1. The molecule has 1 N–H and O–H groups in total. The van der Waals surface area contributed by atoms with Crippen LogP contribution >= 0.6 is 22.9 Å². The molecule has 2 heterocycles. The zero-order valence-electron chi connectivity index (χ0n) is 9.16. The Labute approximate surface area is 100 Å². The van der Waals surface area contributed by atoms with E-state index in [0.29, 0.717) is 12.1 Å². The summed E-state index contributed by atoms with van der Waals surface area (Å²) in [5, 5.41) is 3.65. The smallest absolute Gasteiger partial charge is 0.0931 e. The van der Waals surface area contributed by atoms with Gasteiger partial charge >= 0.3 is 0 Å². The van der Waals surface area contributed by atoms with Gasteiger partial charge in [-0.3, -0.25) is 0 Å². The van der Waals surface area contributed by atoms with Crippen LogP contribution in [0.2, 0.25) is 4.34 Å². The van der Waals surface area contributed by atoms with Gasteiger partial charge in [0, 0.05) is 23.5 Å². The Morgan fingerprint density at radius 2 is 2.40 bits per heavy atom. The summed E-state index contributed by atoms with van der Waals surface area (Å²) in [6, 6.07) is 5.13. The molecule has 1 aliphatic rings. The lowest BCUT2D eigenvalue weighted by atomic mass is 10.2. The number of thiophene rings is 1. The summed E-state index contributed by atoms with van der Waals surface area (Å²) >= 11 is 7.60. The molecule has 2 nitrogen and oxygen atoms in total. The molecular formula is C11H17ClN2S. The molecule has 2 unspecified atom stereocenters. The van der Waals surface area contributed by atoms with Gasteiger partial charge in [-0.2, -0.15) is 0 Å². The van der Waals surface area contributed by atoms with Gasteiger partial charge in [-0.1, -0.05) is 11.6 Å². The number of rotatable bonds is 3. The van der Waals surface area contributed by atoms with Crippen molar-refractivity contribution in [2.45, 2.75) is 25.4 Å². The Morgan fingerprint density at radius 1 is 1.60 bits per heavy atom. The molecule has 1 fully saturated rings. The monoisotopic (exact) mass is 244 g/mol. The molecule has 2 atom stereocenters. The van der Waals surface area contributed by atoms with Crippen LogP contribution in [-0.4, -0.2) is 31.1 Å². The highest BCUT2D eigenvalue weighted by Gasteiger charge is 2.21. The van der Waals surface area contributed by atoms with E-state index in [0.717, 1.165) is 10.9 Å². The van der Waals surface area contributed by atoms with Crippen LogP contribution in [0.5, 0.6) is 0 Å². The second-order valence-electron chi connectivity index (χ2n) is 4.28. The maximum absolute atomic E-state index is 5.93. The first-order chi connectivity index (χ1) is 7.15. The minimum absolute atomic E-state index is 0.416. The summed E-state index contributed by atoms with van der Waals surface area (Å²) in [5.41, 5.74) is 0. The lowest BCUT2D eigenvalue weighted by molar-refractivity contribution is 0.388. The van der Waals surface area contributed by atoms with Crippen molar-refractivity contribution in [3.8, 4) is 0 Å². The Balaban J connectivity index is 1.89. The second kappa shape index (κ2) is 4.83. The van der Waals surface area contributed by atoms with Gasteiger partial charge in [0.2, 0.25) is 0 Å². The van der Waals surface area contributed by atoms with Crippen LogP contribution in [0.25, 0.3) is 0 Å². The van der Waals surface area contributed by atoms with E-state index in [-0.39, 0.29) is 0 Å². The summed E-state index contributed by atoms with van der Waals surface area (Å²) in [5.74, 6) is 0. The van der Waals surface area contributed by atoms with Gasteiger partial charge < -0.3 is 10.2 Å². The molecular weight excluding hydrogens is 228 g/mol. The summed E-state index contributed by atoms with van der Waals surface area (Å²) in [6.07, 6.45) is 1.25. The zero-order chi connectivity index (χ0) is 10.8. The maximum Gasteiger partial charge on any atom is 0.0931 e. The average Bonchev–Trinajstić information content (AvgIpc) is 2.75. The van der Waals surface area contributed by atoms with Crippen LogP contribution in [0, 0.1) is 0 Å². The standard InChI is InChI=1S/C11H17ClN2S/c1-8(10-3-4-11(12)15-10)13-9-5-6-14(2)7-9/h3-4,8-9,13H,5-7H2,1-2H3. The van der Waals surface area contributed by atoms with Gasteiger partial charge in [-0.25, -0.2) is 0 Å². The predicted molar refractivity (Wildman–Crippen MR) is 66.8 cm³/mol. The maximum atomic E-state index is 5.93. The molecule has 0 spiro atoms. The van der Waals surface area contributed by atoms with E-state index in [1.807, 2.05) is 6.07 Å². The fourth-order valence-corrected chi connectivity index (χ4v) is 3.14. The number of nitrogens with zero attached hydrogens (tertiary/aromatic N) is 1. The van der Waals surface area contributed by atoms with E-state index in [4.69, 9.17) is 11.6 Å². The zero-order valence-corrected chi connectivity index (χ0v) is 10.7. The third kappa shape index (κ3) is 2.94. The molecule has 1 aromatic heterocycles. The first-order valence-electron chi connectivity index (χ1n) is 5.35. The molecule has 0 amide bonds. The van der Waals surface area contributed by atoms with Crippen molar-refractivity contribution in [1.29, 1.82) is 0 Å². The number of halogens is 1. The van der Waals surface area contributed by atoms with E-state index in [2.05, 4.69) is 30.3 Å². The molecule has 4 heteroatoms. The minimum Gasteiger partial charge on any atom is -0.305 e. The van der Waals surface area contributed by atoms with Crippen LogP contribution in [0.3, 0.4) is 0 Å². The van der Waals surface area contributed by atoms with Crippen molar-refractivity contribution in [1.82, 2.24) is 10.2 Å². The largest absolute Gasteiger partial charge is 0.305 e. The molecule has 2 rings (SSSR count). The van der Waals surface area contributed by atoms with Crippen LogP contribution in [0.1, 0.15) is 24.3 Å².